The van der Waals surface area contributed by atoms with Crippen LogP contribution in [0.1, 0.15) is 17.0 Å². The number of aliphatic imine (C=N–C) groups is 1. The SMILES string of the molecule is Cc1cc(C)nc(NC(=NCCc2c[nH]c3ccc(F)cc23)NC(=O)CSc2nnc(N)s2)n1. The number of carbonyl (C=O) groups is 1. The quantitative estimate of drug-likeness (QED) is 0.172. The summed E-state index contributed by atoms with van der Waals surface area (Å²) in [4.78, 5) is 28.9. The number of fused-ring (bicyclic) bond motifs is 1. The zero-order valence-electron chi connectivity index (χ0n) is 18.4. The van der Waals surface area contributed by atoms with E-state index < -0.39 is 0 Å². The molecule has 4 aromatic rings. The van der Waals surface area contributed by atoms with E-state index in [2.05, 4.69) is 40.8 Å². The molecule has 5 N–H and O–H groups in total. The number of anilines is 2. The minimum atomic E-state index is -0.298. The summed E-state index contributed by atoms with van der Waals surface area (Å²) in [6.07, 6.45) is 2.37. The molecule has 0 saturated heterocycles. The number of nitrogen functional groups attached to an aromatic ring is 1. The van der Waals surface area contributed by atoms with Crippen molar-refractivity contribution in [1.82, 2.24) is 30.5 Å². The van der Waals surface area contributed by atoms with Crippen LogP contribution in [0.25, 0.3) is 10.9 Å². The first-order chi connectivity index (χ1) is 16.4. The molecule has 0 spiro atoms. The summed E-state index contributed by atoms with van der Waals surface area (Å²) in [5.41, 5.74) is 8.92. The number of nitrogens with zero attached hydrogens (tertiary/aromatic N) is 5. The highest BCUT2D eigenvalue weighted by atomic mass is 32.2. The largest absolute Gasteiger partial charge is 0.374 e. The van der Waals surface area contributed by atoms with E-state index in [1.165, 1.54) is 35.2 Å². The van der Waals surface area contributed by atoms with Crippen molar-refractivity contribution in [3.8, 4) is 0 Å². The van der Waals surface area contributed by atoms with Crippen LogP contribution < -0.4 is 16.4 Å². The summed E-state index contributed by atoms with van der Waals surface area (Å²) >= 11 is 2.44. The molecule has 1 aromatic carbocycles. The number of guanidine groups is 1. The van der Waals surface area contributed by atoms with E-state index in [1.807, 2.05) is 26.1 Å². The van der Waals surface area contributed by atoms with Crippen LogP contribution in [0.2, 0.25) is 0 Å². The van der Waals surface area contributed by atoms with Gasteiger partial charge in [0.15, 0.2) is 4.34 Å². The van der Waals surface area contributed by atoms with Gasteiger partial charge in [-0.1, -0.05) is 23.1 Å². The normalized spacial score (nSPS) is 11.7. The van der Waals surface area contributed by atoms with Crippen LogP contribution in [0.3, 0.4) is 0 Å². The van der Waals surface area contributed by atoms with Gasteiger partial charge in [-0.3, -0.25) is 20.4 Å². The Balaban J connectivity index is 1.46. The maximum absolute atomic E-state index is 13.7. The number of carbonyl (C=O) groups excluding carboxylic acids is 1. The van der Waals surface area contributed by atoms with Crippen LogP contribution in [-0.4, -0.2) is 49.3 Å². The van der Waals surface area contributed by atoms with Crippen molar-refractivity contribution >= 4 is 56.9 Å². The van der Waals surface area contributed by atoms with Crippen LogP contribution >= 0.6 is 23.1 Å². The molecule has 3 heterocycles. The first kappa shape index (κ1) is 23.6. The predicted octanol–water partition coefficient (Wildman–Crippen LogP) is 3.07. The predicted molar refractivity (Wildman–Crippen MR) is 133 cm³/mol. The van der Waals surface area contributed by atoms with Gasteiger partial charge in [0, 0.05) is 35.0 Å². The first-order valence-electron chi connectivity index (χ1n) is 10.3. The van der Waals surface area contributed by atoms with Crippen LogP contribution in [0.15, 0.2) is 39.8 Å². The smallest absolute Gasteiger partial charge is 0.237 e. The maximum Gasteiger partial charge on any atom is 0.237 e. The highest BCUT2D eigenvalue weighted by Gasteiger charge is 2.12. The maximum atomic E-state index is 13.7. The van der Waals surface area contributed by atoms with Gasteiger partial charge in [-0.25, -0.2) is 14.4 Å². The molecule has 4 rings (SSSR count). The van der Waals surface area contributed by atoms with E-state index in [0.717, 1.165) is 27.9 Å². The van der Waals surface area contributed by atoms with Gasteiger partial charge in [0.25, 0.3) is 0 Å². The van der Waals surface area contributed by atoms with Crippen molar-refractivity contribution in [1.29, 1.82) is 0 Å². The fourth-order valence-corrected chi connectivity index (χ4v) is 4.65. The monoisotopic (exact) mass is 499 g/mol. The molecule has 0 atom stereocenters. The third-order valence-corrected chi connectivity index (χ3v) is 6.49. The van der Waals surface area contributed by atoms with Crippen molar-refractivity contribution in [2.45, 2.75) is 24.6 Å². The molecule has 13 heteroatoms. The number of H-pyrrole nitrogens is 1. The summed E-state index contributed by atoms with van der Waals surface area (Å²) < 4.78 is 14.3. The second kappa shape index (κ2) is 10.6. The average molecular weight is 500 g/mol. The van der Waals surface area contributed by atoms with Gasteiger partial charge >= 0.3 is 0 Å². The lowest BCUT2D eigenvalue weighted by atomic mass is 10.1. The van der Waals surface area contributed by atoms with E-state index in [0.29, 0.717) is 28.4 Å². The number of nitrogens with one attached hydrogen (secondary N) is 3. The molecular formula is C21H22FN9OS2. The Kier molecular flexibility index (Phi) is 7.33. The summed E-state index contributed by atoms with van der Waals surface area (Å²) in [7, 11) is 0. The summed E-state index contributed by atoms with van der Waals surface area (Å²) in [6.45, 7) is 4.06. The Morgan fingerprint density at radius 3 is 2.76 bits per heavy atom. The molecule has 0 aliphatic heterocycles. The highest BCUT2D eigenvalue weighted by molar-refractivity contribution is 8.01. The number of benzene rings is 1. The number of amides is 1. The number of halogens is 1. The highest BCUT2D eigenvalue weighted by Crippen LogP contribution is 2.23. The molecule has 10 nitrogen and oxygen atoms in total. The third-order valence-electron chi connectivity index (χ3n) is 4.60. The molecule has 176 valence electrons. The second-order valence-electron chi connectivity index (χ2n) is 7.33. The molecule has 0 aliphatic carbocycles. The number of hydrogen-bond acceptors (Lipinski definition) is 9. The van der Waals surface area contributed by atoms with Crippen molar-refractivity contribution in [3.63, 3.8) is 0 Å². The third kappa shape index (κ3) is 6.26. The Hall–Kier alpha value is -3.58. The first-order valence-corrected chi connectivity index (χ1v) is 12.1. The molecular weight excluding hydrogens is 477 g/mol. The number of nitrogens with two attached hydrogens (primary N) is 1. The van der Waals surface area contributed by atoms with Gasteiger partial charge in [-0.05, 0) is 50.1 Å². The summed E-state index contributed by atoms with van der Waals surface area (Å²) in [5.74, 6) is 0.0652. The van der Waals surface area contributed by atoms with Crippen molar-refractivity contribution in [3.05, 3.63) is 53.2 Å². The van der Waals surface area contributed by atoms with E-state index >= 15 is 0 Å². The lowest BCUT2D eigenvalue weighted by Gasteiger charge is -2.11. The van der Waals surface area contributed by atoms with Gasteiger partial charge in [-0.15, -0.1) is 10.2 Å². The number of hydrogen-bond donors (Lipinski definition) is 4. The van der Waals surface area contributed by atoms with Gasteiger partial charge in [0.1, 0.15) is 5.82 Å². The second-order valence-corrected chi connectivity index (χ2v) is 9.56. The molecule has 0 fully saturated rings. The minimum absolute atomic E-state index is 0.102. The van der Waals surface area contributed by atoms with Gasteiger partial charge in [0.05, 0.1) is 5.75 Å². The van der Waals surface area contributed by atoms with Crippen LogP contribution in [0.5, 0.6) is 0 Å². The molecule has 34 heavy (non-hydrogen) atoms. The van der Waals surface area contributed by atoms with Crippen molar-refractivity contribution < 1.29 is 9.18 Å². The Bertz CT molecular complexity index is 1330. The van der Waals surface area contributed by atoms with Gasteiger partial charge in [0.2, 0.25) is 22.9 Å². The molecule has 0 saturated carbocycles. The van der Waals surface area contributed by atoms with Crippen molar-refractivity contribution in [2.75, 3.05) is 23.3 Å². The standard InChI is InChI=1S/C21H22FN9OS2/c1-11-7-12(2)27-20(26-11)29-19(28-17(32)10-33-21-31-30-18(23)34-21)24-6-5-13-9-25-16-4-3-14(22)8-15(13)16/h3-4,7-9,25H,5-6,10H2,1-2H3,(H2,23,30)(H2,24,26,27,28,29,32). The van der Waals surface area contributed by atoms with E-state index in [1.54, 1.807) is 6.07 Å². The number of rotatable bonds is 7. The average Bonchev–Trinajstić information content (AvgIpc) is 3.37. The molecule has 0 aliphatic rings. The van der Waals surface area contributed by atoms with E-state index in [-0.39, 0.29) is 23.4 Å². The van der Waals surface area contributed by atoms with E-state index in [9.17, 15) is 9.18 Å². The lowest BCUT2D eigenvalue weighted by Crippen LogP contribution is -2.38. The minimum Gasteiger partial charge on any atom is -0.374 e. The summed E-state index contributed by atoms with van der Waals surface area (Å²) in [5, 5.41) is 14.5. The molecule has 0 unspecified atom stereocenters. The number of aryl methyl sites for hydroxylation is 2. The van der Waals surface area contributed by atoms with E-state index in [4.69, 9.17) is 5.73 Å². The van der Waals surface area contributed by atoms with Gasteiger partial charge in [-0.2, -0.15) is 0 Å². The molecule has 1 amide bonds. The molecule has 0 radical (unpaired) electrons. The topological polar surface area (TPSA) is 147 Å². The molecule has 0 bridgehead atoms. The number of aromatic amines is 1. The number of aromatic nitrogens is 5. The van der Waals surface area contributed by atoms with Crippen LogP contribution in [0.4, 0.5) is 15.5 Å². The number of thioether (sulfide) groups is 1. The zero-order valence-corrected chi connectivity index (χ0v) is 20.1. The fraction of sp³-hybridized carbons (Fsp3) is 0.238. The Morgan fingerprint density at radius 1 is 1.24 bits per heavy atom. The Morgan fingerprint density at radius 2 is 2.03 bits per heavy atom. The van der Waals surface area contributed by atoms with Crippen LogP contribution in [0, 0.1) is 19.7 Å². The summed E-state index contributed by atoms with van der Waals surface area (Å²) in [6, 6.07) is 6.45. The lowest BCUT2D eigenvalue weighted by molar-refractivity contribution is -0.117. The fourth-order valence-electron chi connectivity index (χ4n) is 3.22. The van der Waals surface area contributed by atoms with Crippen molar-refractivity contribution in [2.24, 2.45) is 4.99 Å². The Labute approximate surface area is 202 Å². The van der Waals surface area contributed by atoms with Crippen LogP contribution in [-0.2, 0) is 11.2 Å². The molecule has 3 aromatic heterocycles. The zero-order chi connectivity index (χ0) is 24.1. The van der Waals surface area contributed by atoms with Gasteiger partial charge < -0.3 is 10.7 Å².